The van der Waals surface area contributed by atoms with Crippen molar-refractivity contribution >= 4 is 29.9 Å². The zero-order chi connectivity index (χ0) is 21.1. The highest BCUT2D eigenvalue weighted by Crippen LogP contribution is 2.29. The molecule has 0 aliphatic carbocycles. The third-order valence-corrected chi connectivity index (χ3v) is 3.88. The lowest BCUT2D eigenvalue weighted by atomic mass is 10.2. The summed E-state index contributed by atoms with van der Waals surface area (Å²) in [6.07, 6.45) is 0. The van der Waals surface area contributed by atoms with Gasteiger partial charge in [-0.15, -0.1) is 24.0 Å². The summed E-state index contributed by atoms with van der Waals surface area (Å²) in [6, 6.07) is 12.6. The summed E-state index contributed by atoms with van der Waals surface area (Å²) in [4.78, 5) is 4.57. The van der Waals surface area contributed by atoms with Crippen LogP contribution >= 0.6 is 24.0 Å². The normalized spacial score (nSPS) is 10.9. The van der Waals surface area contributed by atoms with Crippen LogP contribution in [0.2, 0.25) is 0 Å². The molecule has 0 saturated heterocycles. The van der Waals surface area contributed by atoms with E-state index in [0.29, 0.717) is 32.2 Å². The minimum atomic E-state index is -2.90. The summed E-state index contributed by atoms with van der Waals surface area (Å²) in [7, 11) is 1.63. The van der Waals surface area contributed by atoms with Crippen LogP contribution in [0.4, 0.5) is 8.78 Å². The quantitative estimate of drug-likeness (QED) is 0.265. The van der Waals surface area contributed by atoms with Crippen LogP contribution in [-0.4, -0.2) is 32.8 Å². The Bertz CT molecular complexity index is 807. The van der Waals surface area contributed by atoms with E-state index in [2.05, 4.69) is 20.4 Å². The van der Waals surface area contributed by atoms with Crippen molar-refractivity contribution in [2.75, 3.05) is 20.3 Å². The van der Waals surface area contributed by atoms with Gasteiger partial charge in [-0.2, -0.15) is 8.78 Å². The number of nitrogens with zero attached hydrogens (tertiary/aromatic N) is 1. The molecule has 0 amide bonds. The van der Waals surface area contributed by atoms with E-state index in [1.165, 1.54) is 6.07 Å². The van der Waals surface area contributed by atoms with Gasteiger partial charge in [-0.05, 0) is 49.2 Å². The Labute approximate surface area is 193 Å². The number of nitrogens with one attached hydrogen (secondary N) is 2. The standard InChI is InChI=1S/C21H27F2N3O3.HI/c1-4-24-21(25-13-15-7-6-8-17(11-15)27-3)26-14-16-9-10-18(29-20(22)23)19(12-16)28-5-2;/h6-12,20H,4-5,13-14H2,1-3H3,(H2,24,25,26);1H. The van der Waals surface area contributed by atoms with Gasteiger partial charge in [-0.25, -0.2) is 4.99 Å². The minimum Gasteiger partial charge on any atom is -0.497 e. The van der Waals surface area contributed by atoms with Gasteiger partial charge >= 0.3 is 6.61 Å². The molecule has 0 aliphatic rings. The van der Waals surface area contributed by atoms with E-state index in [0.717, 1.165) is 16.9 Å². The molecule has 2 aromatic rings. The number of halogens is 3. The molecule has 0 unspecified atom stereocenters. The van der Waals surface area contributed by atoms with Crippen LogP contribution in [0.5, 0.6) is 17.2 Å². The maximum atomic E-state index is 12.5. The van der Waals surface area contributed by atoms with Crippen molar-refractivity contribution in [2.45, 2.75) is 33.5 Å². The second-order valence-corrected chi connectivity index (χ2v) is 5.99. The van der Waals surface area contributed by atoms with Crippen molar-refractivity contribution in [1.82, 2.24) is 10.6 Å². The fourth-order valence-electron chi connectivity index (χ4n) is 2.59. The first-order chi connectivity index (χ1) is 14.0. The molecule has 0 heterocycles. The number of ether oxygens (including phenoxy) is 3. The van der Waals surface area contributed by atoms with Gasteiger partial charge < -0.3 is 24.8 Å². The van der Waals surface area contributed by atoms with E-state index in [4.69, 9.17) is 9.47 Å². The monoisotopic (exact) mass is 535 g/mol. The number of guanidine groups is 1. The highest BCUT2D eigenvalue weighted by Gasteiger charge is 2.12. The Morgan fingerprint density at radius 2 is 1.83 bits per heavy atom. The molecule has 9 heteroatoms. The maximum absolute atomic E-state index is 12.5. The zero-order valence-electron chi connectivity index (χ0n) is 17.3. The molecule has 2 aromatic carbocycles. The molecule has 2 rings (SSSR count). The average Bonchev–Trinajstić information content (AvgIpc) is 2.71. The summed E-state index contributed by atoms with van der Waals surface area (Å²) in [5.41, 5.74) is 1.87. The lowest BCUT2D eigenvalue weighted by molar-refractivity contribution is -0.0514. The van der Waals surface area contributed by atoms with E-state index in [9.17, 15) is 8.78 Å². The van der Waals surface area contributed by atoms with Gasteiger partial charge in [0.2, 0.25) is 0 Å². The summed E-state index contributed by atoms with van der Waals surface area (Å²) >= 11 is 0. The van der Waals surface area contributed by atoms with Crippen molar-refractivity contribution in [3.8, 4) is 17.2 Å². The van der Waals surface area contributed by atoms with Crippen molar-refractivity contribution in [3.05, 3.63) is 53.6 Å². The third-order valence-electron chi connectivity index (χ3n) is 3.88. The fraction of sp³-hybridized carbons (Fsp3) is 0.381. The molecular formula is C21H28F2IN3O3. The highest BCUT2D eigenvalue weighted by molar-refractivity contribution is 14.0. The Morgan fingerprint density at radius 3 is 2.50 bits per heavy atom. The van der Waals surface area contributed by atoms with E-state index in [-0.39, 0.29) is 35.5 Å². The molecule has 0 aromatic heterocycles. The molecule has 0 fully saturated rings. The number of methoxy groups -OCH3 is 1. The number of alkyl halides is 2. The van der Waals surface area contributed by atoms with Crippen LogP contribution < -0.4 is 24.8 Å². The smallest absolute Gasteiger partial charge is 0.387 e. The van der Waals surface area contributed by atoms with Crippen LogP contribution in [-0.2, 0) is 13.1 Å². The van der Waals surface area contributed by atoms with E-state index in [1.54, 1.807) is 26.2 Å². The number of rotatable bonds is 10. The van der Waals surface area contributed by atoms with Crippen LogP contribution in [0.1, 0.15) is 25.0 Å². The van der Waals surface area contributed by atoms with Gasteiger partial charge in [0.05, 0.1) is 20.3 Å². The minimum absolute atomic E-state index is 0. The van der Waals surface area contributed by atoms with E-state index >= 15 is 0 Å². The molecule has 30 heavy (non-hydrogen) atoms. The number of benzene rings is 2. The van der Waals surface area contributed by atoms with Gasteiger partial charge in [0.25, 0.3) is 0 Å². The summed E-state index contributed by atoms with van der Waals surface area (Å²) in [5, 5.41) is 6.41. The predicted octanol–water partition coefficient (Wildman–Crippen LogP) is 4.57. The molecule has 0 spiro atoms. The number of hydrogen-bond donors (Lipinski definition) is 2. The molecule has 2 N–H and O–H groups in total. The number of aliphatic imine (C=N–C) groups is 1. The fourth-order valence-corrected chi connectivity index (χ4v) is 2.59. The second kappa shape index (κ2) is 13.8. The van der Waals surface area contributed by atoms with Gasteiger partial charge in [0, 0.05) is 13.1 Å². The van der Waals surface area contributed by atoms with Crippen LogP contribution in [0, 0.1) is 0 Å². The summed E-state index contributed by atoms with van der Waals surface area (Å²) in [5.74, 6) is 1.72. The Morgan fingerprint density at radius 1 is 1.03 bits per heavy atom. The van der Waals surface area contributed by atoms with Gasteiger partial charge in [0.15, 0.2) is 17.5 Å². The first-order valence-corrected chi connectivity index (χ1v) is 9.41. The first-order valence-electron chi connectivity index (χ1n) is 9.41. The zero-order valence-corrected chi connectivity index (χ0v) is 19.6. The van der Waals surface area contributed by atoms with Crippen molar-refractivity contribution < 1.29 is 23.0 Å². The lowest BCUT2D eigenvalue weighted by Gasteiger charge is -2.15. The molecule has 0 saturated carbocycles. The first kappa shape index (κ1) is 25.7. The molecule has 0 aliphatic heterocycles. The Hall–Kier alpha value is -2.30. The lowest BCUT2D eigenvalue weighted by Crippen LogP contribution is -2.36. The SMILES string of the molecule is CCNC(=NCc1cccc(OC)c1)NCc1ccc(OC(F)F)c(OCC)c1.I. The molecule has 6 nitrogen and oxygen atoms in total. The average molecular weight is 535 g/mol. The predicted molar refractivity (Wildman–Crippen MR) is 124 cm³/mol. The molecule has 166 valence electrons. The molecular weight excluding hydrogens is 507 g/mol. The highest BCUT2D eigenvalue weighted by atomic mass is 127. The van der Waals surface area contributed by atoms with Crippen LogP contribution in [0.3, 0.4) is 0 Å². The largest absolute Gasteiger partial charge is 0.497 e. The second-order valence-electron chi connectivity index (χ2n) is 5.99. The molecule has 0 radical (unpaired) electrons. The Balaban J connectivity index is 0.00000450. The van der Waals surface area contributed by atoms with Gasteiger partial charge in [0.1, 0.15) is 5.75 Å². The van der Waals surface area contributed by atoms with E-state index in [1.807, 2.05) is 31.2 Å². The third kappa shape index (κ3) is 8.60. The summed E-state index contributed by atoms with van der Waals surface area (Å²) < 4.78 is 40.2. The Kier molecular flexibility index (Phi) is 11.9. The molecule has 0 atom stereocenters. The van der Waals surface area contributed by atoms with Crippen molar-refractivity contribution in [3.63, 3.8) is 0 Å². The van der Waals surface area contributed by atoms with Crippen LogP contribution in [0.25, 0.3) is 0 Å². The molecule has 0 bridgehead atoms. The number of hydrogen-bond acceptors (Lipinski definition) is 4. The van der Waals surface area contributed by atoms with Crippen molar-refractivity contribution in [1.29, 1.82) is 0 Å². The van der Waals surface area contributed by atoms with Crippen molar-refractivity contribution in [2.24, 2.45) is 4.99 Å². The van der Waals surface area contributed by atoms with Gasteiger partial charge in [-0.1, -0.05) is 18.2 Å². The van der Waals surface area contributed by atoms with E-state index < -0.39 is 6.61 Å². The topological polar surface area (TPSA) is 64.1 Å². The van der Waals surface area contributed by atoms with Gasteiger partial charge in [-0.3, -0.25) is 0 Å². The maximum Gasteiger partial charge on any atom is 0.387 e. The summed E-state index contributed by atoms with van der Waals surface area (Å²) in [6.45, 7) is 2.84. The van der Waals surface area contributed by atoms with Crippen LogP contribution in [0.15, 0.2) is 47.5 Å².